The molecule has 2 atom stereocenters. The summed E-state index contributed by atoms with van der Waals surface area (Å²) >= 11 is 0. The van der Waals surface area contributed by atoms with Gasteiger partial charge in [0.1, 0.15) is 6.54 Å². The van der Waals surface area contributed by atoms with E-state index in [2.05, 4.69) is 6.07 Å². The second-order valence-corrected chi connectivity index (χ2v) is 8.65. The van der Waals surface area contributed by atoms with Gasteiger partial charge in [0.05, 0.1) is 41.0 Å². The van der Waals surface area contributed by atoms with Gasteiger partial charge in [0, 0.05) is 18.4 Å². The standard InChI is InChI=1S/C25H29NO5/c1-28-22-10-17-16-9-15-7-5-6-8-26(15,27)14-21(16)20-13-25(31-4)24(30-3)12-19(20)18(17)11-23(22)29-2/h10-13,15H,5-9,14H2,1-4H3. The number of methoxy groups -OCH3 is 4. The third kappa shape index (κ3) is 3.00. The summed E-state index contributed by atoms with van der Waals surface area (Å²) in [7, 11) is 6.60. The molecule has 0 aliphatic carbocycles. The first-order valence-electron chi connectivity index (χ1n) is 10.9. The van der Waals surface area contributed by atoms with E-state index in [1.54, 1.807) is 28.4 Å². The van der Waals surface area contributed by atoms with Crippen molar-refractivity contribution in [3.05, 3.63) is 40.6 Å². The van der Waals surface area contributed by atoms with Crippen LogP contribution in [0.1, 0.15) is 30.4 Å². The van der Waals surface area contributed by atoms with E-state index in [4.69, 9.17) is 18.9 Å². The Bertz CT molecular complexity index is 1170. The van der Waals surface area contributed by atoms with Crippen LogP contribution in [0.15, 0.2) is 24.3 Å². The number of piperidine rings is 1. The van der Waals surface area contributed by atoms with Gasteiger partial charge in [0.2, 0.25) is 0 Å². The molecular formula is C25H29NO5. The molecule has 0 saturated carbocycles. The minimum absolute atomic E-state index is 0.116. The highest BCUT2D eigenvalue weighted by Gasteiger charge is 2.39. The smallest absolute Gasteiger partial charge is 0.161 e. The Morgan fingerprint density at radius 2 is 1.19 bits per heavy atom. The lowest BCUT2D eigenvalue weighted by Crippen LogP contribution is -2.56. The Morgan fingerprint density at radius 3 is 1.71 bits per heavy atom. The molecule has 1 saturated heterocycles. The summed E-state index contributed by atoms with van der Waals surface area (Å²) in [6.45, 7) is 1.19. The van der Waals surface area contributed by atoms with Crippen molar-refractivity contribution < 1.29 is 23.6 Å². The van der Waals surface area contributed by atoms with Crippen LogP contribution in [0.2, 0.25) is 0 Å². The van der Waals surface area contributed by atoms with Gasteiger partial charge < -0.3 is 28.8 Å². The van der Waals surface area contributed by atoms with Gasteiger partial charge in [-0.2, -0.15) is 0 Å². The van der Waals surface area contributed by atoms with E-state index in [1.807, 2.05) is 18.2 Å². The molecule has 0 N–H and O–H groups in total. The molecule has 0 radical (unpaired) electrons. The molecule has 2 heterocycles. The molecule has 5 rings (SSSR count). The molecule has 6 nitrogen and oxygen atoms in total. The molecule has 1 fully saturated rings. The van der Waals surface area contributed by atoms with E-state index in [1.165, 1.54) is 5.56 Å². The Balaban J connectivity index is 1.89. The summed E-state index contributed by atoms with van der Waals surface area (Å²) in [4.78, 5) is 0. The van der Waals surface area contributed by atoms with Crippen LogP contribution in [-0.2, 0) is 13.0 Å². The summed E-state index contributed by atoms with van der Waals surface area (Å²) < 4.78 is 22.3. The molecule has 164 valence electrons. The fraction of sp³-hybridized carbons (Fsp3) is 0.440. The second-order valence-electron chi connectivity index (χ2n) is 8.65. The van der Waals surface area contributed by atoms with Crippen LogP contribution >= 0.6 is 0 Å². The monoisotopic (exact) mass is 423 g/mol. The summed E-state index contributed by atoms with van der Waals surface area (Å²) in [5.74, 6) is 2.74. The molecule has 3 aromatic rings. The molecule has 6 heteroatoms. The minimum Gasteiger partial charge on any atom is -0.632 e. The van der Waals surface area contributed by atoms with Crippen LogP contribution in [0.25, 0.3) is 21.5 Å². The van der Waals surface area contributed by atoms with Gasteiger partial charge in [-0.3, -0.25) is 0 Å². The Morgan fingerprint density at radius 1 is 0.710 bits per heavy atom. The molecule has 0 bridgehead atoms. The zero-order valence-electron chi connectivity index (χ0n) is 18.6. The van der Waals surface area contributed by atoms with E-state index >= 15 is 0 Å². The van der Waals surface area contributed by atoms with E-state index in [0.717, 1.165) is 52.8 Å². The molecule has 0 spiro atoms. The summed E-state index contributed by atoms with van der Waals surface area (Å²) in [5, 5.41) is 18.1. The van der Waals surface area contributed by atoms with E-state index in [9.17, 15) is 5.21 Å². The van der Waals surface area contributed by atoms with Gasteiger partial charge in [0.25, 0.3) is 0 Å². The number of benzene rings is 3. The Kier molecular flexibility index (Phi) is 4.87. The van der Waals surface area contributed by atoms with Crippen molar-refractivity contribution in [2.75, 3.05) is 35.0 Å². The van der Waals surface area contributed by atoms with Gasteiger partial charge in [0.15, 0.2) is 23.0 Å². The van der Waals surface area contributed by atoms with E-state index in [-0.39, 0.29) is 10.7 Å². The van der Waals surface area contributed by atoms with E-state index < -0.39 is 0 Å². The van der Waals surface area contributed by atoms with Crippen LogP contribution in [0.3, 0.4) is 0 Å². The van der Waals surface area contributed by atoms with Crippen molar-refractivity contribution in [3.8, 4) is 23.0 Å². The summed E-state index contributed by atoms with van der Waals surface area (Å²) in [6, 6.07) is 8.27. The van der Waals surface area contributed by atoms with Crippen molar-refractivity contribution in [1.82, 2.24) is 0 Å². The summed E-state index contributed by atoms with van der Waals surface area (Å²) in [6.07, 6.45) is 3.91. The first-order valence-corrected chi connectivity index (χ1v) is 10.9. The van der Waals surface area contributed by atoms with Crippen molar-refractivity contribution in [2.45, 2.75) is 38.3 Å². The summed E-state index contributed by atoms with van der Waals surface area (Å²) in [5.41, 5.74) is 2.39. The second kappa shape index (κ2) is 7.46. The first-order chi connectivity index (χ1) is 15.0. The number of rotatable bonds is 4. The average Bonchev–Trinajstić information content (AvgIpc) is 2.80. The van der Waals surface area contributed by atoms with Crippen LogP contribution in [0, 0.1) is 5.21 Å². The van der Waals surface area contributed by atoms with Gasteiger partial charge in [-0.25, -0.2) is 0 Å². The molecule has 2 unspecified atom stereocenters. The number of nitrogens with zero attached hydrogens (tertiary/aromatic N) is 1. The highest BCUT2D eigenvalue weighted by molar-refractivity contribution is 6.12. The quantitative estimate of drug-likeness (QED) is 0.338. The molecule has 2 aliphatic rings. The highest BCUT2D eigenvalue weighted by Crippen LogP contribution is 2.47. The number of ether oxygens (including phenoxy) is 4. The maximum atomic E-state index is 13.8. The largest absolute Gasteiger partial charge is 0.632 e. The van der Waals surface area contributed by atoms with Gasteiger partial charge in [-0.15, -0.1) is 0 Å². The number of hydrogen-bond donors (Lipinski definition) is 0. The van der Waals surface area contributed by atoms with Crippen molar-refractivity contribution in [1.29, 1.82) is 0 Å². The van der Waals surface area contributed by atoms with E-state index in [0.29, 0.717) is 36.1 Å². The maximum absolute atomic E-state index is 13.8. The lowest BCUT2D eigenvalue weighted by atomic mass is 9.82. The van der Waals surface area contributed by atoms with Gasteiger partial charge >= 0.3 is 0 Å². The lowest BCUT2D eigenvalue weighted by molar-refractivity contribution is -0.925. The molecule has 31 heavy (non-hydrogen) atoms. The number of quaternary nitrogens is 1. The zero-order chi connectivity index (χ0) is 21.8. The van der Waals surface area contributed by atoms with Gasteiger partial charge in [-0.05, 0) is 64.2 Å². The third-order valence-corrected chi connectivity index (χ3v) is 7.21. The highest BCUT2D eigenvalue weighted by atomic mass is 16.5. The Hall–Kier alpha value is -2.70. The van der Waals surface area contributed by atoms with Crippen molar-refractivity contribution in [3.63, 3.8) is 0 Å². The SMILES string of the molecule is COc1cc2c3c(c4cc(OC)c(OC)cc4c2cc1OC)C[N+]1([O-])CCCCC1C3. The predicted octanol–water partition coefficient (Wildman–Crippen LogP) is 4.95. The minimum atomic E-state index is -0.116. The molecule has 3 aromatic carbocycles. The van der Waals surface area contributed by atoms with Gasteiger partial charge in [-0.1, -0.05) is 0 Å². The maximum Gasteiger partial charge on any atom is 0.161 e. The number of hydrogen-bond acceptors (Lipinski definition) is 5. The molecule has 0 amide bonds. The van der Waals surface area contributed by atoms with Crippen molar-refractivity contribution >= 4 is 21.5 Å². The van der Waals surface area contributed by atoms with Crippen molar-refractivity contribution in [2.24, 2.45) is 0 Å². The predicted molar refractivity (Wildman–Crippen MR) is 121 cm³/mol. The molecule has 2 aliphatic heterocycles. The third-order valence-electron chi connectivity index (χ3n) is 7.21. The number of fused-ring (bicyclic) bond motifs is 7. The number of hydroxylamine groups is 3. The fourth-order valence-corrected chi connectivity index (χ4v) is 5.60. The molecule has 0 aromatic heterocycles. The lowest BCUT2D eigenvalue weighted by Gasteiger charge is -2.54. The first kappa shape index (κ1) is 20.2. The topological polar surface area (TPSA) is 60.0 Å². The van der Waals surface area contributed by atoms with Crippen LogP contribution in [-0.4, -0.2) is 45.7 Å². The fourth-order valence-electron chi connectivity index (χ4n) is 5.60. The van der Waals surface area contributed by atoms with Crippen LogP contribution in [0.4, 0.5) is 0 Å². The zero-order valence-corrected chi connectivity index (χ0v) is 18.6. The average molecular weight is 424 g/mol. The Labute approximate surface area is 182 Å². The normalized spacial score (nSPS) is 22.7. The van der Waals surface area contributed by atoms with Crippen LogP contribution < -0.4 is 18.9 Å². The van der Waals surface area contributed by atoms with Crippen LogP contribution in [0.5, 0.6) is 23.0 Å². The molecular weight excluding hydrogens is 394 g/mol.